The number of anilines is 1. The Morgan fingerprint density at radius 3 is 2.26 bits per heavy atom. The average molecular weight is 490 g/mol. The van der Waals surface area contributed by atoms with Gasteiger partial charge in [-0.05, 0) is 79.5 Å². The van der Waals surface area contributed by atoms with E-state index in [2.05, 4.69) is 29.8 Å². The van der Waals surface area contributed by atoms with Crippen LogP contribution < -0.4 is 20.7 Å². The van der Waals surface area contributed by atoms with Crippen molar-refractivity contribution in [2.75, 3.05) is 11.9 Å². The molecule has 6 nitrogen and oxygen atoms in total. The summed E-state index contributed by atoms with van der Waals surface area (Å²) >= 11 is 5.29. The van der Waals surface area contributed by atoms with Crippen molar-refractivity contribution < 1.29 is 14.3 Å². The third-order valence-electron chi connectivity index (χ3n) is 5.34. The van der Waals surface area contributed by atoms with Gasteiger partial charge in [0.1, 0.15) is 5.75 Å². The van der Waals surface area contributed by atoms with Crippen molar-refractivity contribution in [3.05, 3.63) is 95.6 Å². The lowest BCUT2D eigenvalue weighted by Gasteiger charge is -2.15. The van der Waals surface area contributed by atoms with E-state index in [1.54, 1.807) is 42.5 Å². The first kappa shape index (κ1) is 25.9. The van der Waals surface area contributed by atoms with E-state index < -0.39 is 0 Å². The molecule has 0 aliphatic heterocycles. The highest BCUT2D eigenvalue weighted by atomic mass is 32.1. The van der Waals surface area contributed by atoms with Crippen molar-refractivity contribution in [1.82, 2.24) is 10.6 Å². The van der Waals surface area contributed by atoms with E-state index >= 15 is 0 Å². The largest absolute Gasteiger partial charge is 0.494 e. The zero-order valence-electron chi connectivity index (χ0n) is 20.2. The first-order chi connectivity index (χ1) is 16.8. The lowest BCUT2D eigenvalue weighted by molar-refractivity contribution is 0.0938. The Morgan fingerprint density at radius 1 is 0.857 bits per heavy atom. The van der Waals surface area contributed by atoms with Gasteiger partial charge in [0.25, 0.3) is 11.8 Å². The molecule has 0 heterocycles. The maximum absolute atomic E-state index is 12.6. The van der Waals surface area contributed by atoms with Crippen LogP contribution in [0.25, 0.3) is 0 Å². The van der Waals surface area contributed by atoms with Gasteiger partial charge in [-0.3, -0.25) is 14.9 Å². The van der Waals surface area contributed by atoms with Gasteiger partial charge in [-0.2, -0.15) is 0 Å². The molecule has 0 aromatic heterocycles. The van der Waals surface area contributed by atoms with Crippen molar-refractivity contribution in [1.29, 1.82) is 0 Å². The van der Waals surface area contributed by atoms with Crippen molar-refractivity contribution in [2.24, 2.45) is 5.92 Å². The molecule has 0 bridgehead atoms. The topological polar surface area (TPSA) is 79.5 Å². The average Bonchev–Trinajstić information content (AvgIpc) is 2.85. The molecule has 1 atom stereocenters. The van der Waals surface area contributed by atoms with Gasteiger partial charge < -0.3 is 15.4 Å². The Kier molecular flexibility index (Phi) is 9.38. The first-order valence-electron chi connectivity index (χ1n) is 11.6. The molecule has 0 aliphatic carbocycles. The molecule has 3 aromatic carbocycles. The minimum absolute atomic E-state index is 0.108. The van der Waals surface area contributed by atoms with E-state index in [1.165, 1.54) is 0 Å². The molecule has 3 N–H and O–H groups in total. The summed E-state index contributed by atoms with van der Waals surface area (Å²) in [7, 11) is 0. The SMILES string of the molecule is CC(C)CCOc1cccc(C(=O)NC(=S)Nc2ccc(C(=O)NC(C)c3ccccc3)cc2)c1. The number of hydrogen-bond acceptors (Lipinski definition) is 4. The van der Waals surface area contributed by atoms with Gasteiger partial charge in [0, 0.05) is 16.8 Å². The van der Waals surface area contributed by atoms with Gasteiger partial charge in [0.05, 0.1) is 12.6 Å². The van der Waals surface area contributed by atoms with Crippen molar-refractivity contribution in [2.45, 2.75) is 33.2 Å². The molecule has 0 saturated heterocycles. The van der Waals surface area contributed by atoms with E-state index in [-0.39, 0.29) is 23.0 Å². The summed E-state index contributed by atoms with van der Waals surface area (Å²) in [6, 6.07) is 23.6. The number of benzene rings is 3. The smallest absolute Gasteiger partial charge is 0.257 e. The molecule has 0 radical (unpaired) electrons. The zero-order valence-corrected chi connectivity index (χ0v) is 21.0. The third-order valence-corrected chi connectivity index (χ3v) is 5.54. The molecule has 2 amide bonds. The molecule has 3 aromatic rings. The van der Waals surface area contributed by atoms with Crippen LogP contribution in [0.15, 0.2) is 78.9 Å². The van der Waals surface area contributed by atoms with Crippen LogP contribution in [0.5, 0.6) is 5.75 Å². The van der Waals surface area contributed by atoms with Crippen LogP contribution in [0.4, 0.5) is 5.69 Å². The standard InChI is InChI=1S/C28H31N3O3S/c1-19(2)16-17-34-25-11-7-10-23(18-25)27(33)31-28(35)30-24-14-12-22(13-15-24)26(32)29-20(3)21-8-5-4-6-9-21/h4-15,18-20H,16-17H2,1-3H3,(H,29,32)(H2,30,31,33,35). The second kappa shape index (κ2) is 12.7. The zero-order chi connectivity index (χ0) is 25.2. The molecule has 35 heavy (non-hydrogen) atoms. The van der Waals surface area contributed by atoms with Crippen LogP contribution in [0.2, 0.25) is 0 Å². The number of carbonyl (C=O) groups is 2. The molecular weight excluding hydrogens is 458 g/mol. The summed E-state index contributed by atoms with van der Waals surface area (Å²) in [5, 5.41) is 8.80. The number of ether oxygens (including phenoxy) is 1. The molecule has 182 valence electrons. The number of thiocarbonyl (C=S) groups is 1. The fourth-order valence-electron chi connectivity index (χ4n) is 3.29. The normalized spacial score (nSPS) is 11.4. The molecular formula is C28H31N3O3S. The highest BCUT2D eigenvalue weighted by Crippen LogP contribution is 2.16. The van der Waals surface area contributed by atoms with Crippen molar-refractivity contribution in [3.63, 3.8) is 0 Å². The highest BCUT2D eigenvalue weighted by Gasteiger charge is 2.12. The monoisotopic (exact) mass is 489 g/mol. The number of nitrogens with one attached hydrogen (secondary N) is 3. The van der Waals surface area contributed by atoms with E-state index in [0.717, 1.165) is 12.0 Å². The minimum atomic E-state index is -0.331. The van der Waals surface area contributed by atoms with E-state index in [9.17, 15) is 9.59 Å². The second-order valence-corrected chi connectivity index (χ2v) is 9.06. The summed E-state index contributed by atoms with van der Waals surface area (Å²) in [4.78, 5) is 25.2. The predicted octanol–water partition coefficient (Wildman–Crippen LogP) is 5.73. The van der Waals surface area contributed by atoms with Gasteiger partial charge in [-0.25, -0.2) is 0 Å². The maximum atomic E-state index is 12.6. The van der Waals surface area contributed by atoms with E-state index in [4.69, 9.17) is 17.0 Å². The fraction of sp³-hybridized carbons (Fsp3) is 0.250. The van der Waals surface area contributed by atoms with Gasteiger partial charge in [0.2, 0.25) is 0 Å². The Bertz CT molecular complexity index is 1150. The van der Waals surface area contributed by atoms with Crippen molar-refractivity contribution >= 4 is 34.8 Å². The van der Waals surface area contributed by atoms with E-state index in [1.807, 2.05) is 43.3 Å². The predicted molar refractivity (Wildman–Crippen MR) is 144 cm³/mol. The quantitative estimate of drug-likeness (QED) is 0.335. The van der Waals surface area contributed by atoms with Crippen LogP contribution in [0, 0.1) is 5.92 Å². The minimum Gasteiger partial charge on any atom is -0.494 e. The molecule has 0 aliphatic rings. The van der Waals surface area contributed by atoms with Crippen LogP contribution >= 0.6 is 12.2 Å². The Hall–Kier alpha value is -3.71. The van der Waals surface area contributed by atoms with Gasteiger partial charge in [-0.15, -0.1) is 0 Å². The maximum Gasteiger partial charge on any atom is 0.257 e. The Balaban J connectivity index is 1.51. The number of hydrogen-bond donors (Lipinski definition) is 3. The van der Waals surface area contributed by atoms with Crippen molar-refractivity contribution in [3.8, 4) is 5.75 Å². The molecule has 7 heteroatoms. The summed E-state index contributed by atoms with van der Waals surface area (Å²) in [5.41, 5.74) is 2.68. The molecule has 0 spiro atoms. The van der Waals surface area contributed by atoms with Crippen LogP contribution in [-0.4, -0.2) is 23.5 Å². The first-order valence-corrected chi connectivity index (χ1v) is 12.0. The molecule has 1 unspecified atom stereocenters. The van der Waals surface area contributed by atoms with Crippen LogP contribution in [0.3, 0.4) is 0 Å². The van der Waals surface area contributed by atoms with E-state index in [0.29, 0.717) is 35.1 Å². The van der Waals surface area contributed by atoms with Gasteiger partial charge >= 0.3 is 0 Å². The summed E-state index contributed by atoms with van der Waals surface area (Å²) in [5.74, 6) is 0.695. The Morgan fingerprint density at radius 2 is 1.57 bits per heavy atom. The number of rotatable bonds is 9. The second-order valence-electron chi connectivity index (χ2n) is 8.65. The number of amides is 2. The summed E-state index contributed by atoms with van der Waals surface area (Å²) < 4.78 is 5.73. The highest BCUT2D eigenvalue weighted by molar-refractivity contribution is 7.80. The number of carbonyl (C=O) groups excluding carboxylic acids is 2. The lowest BCUT2D eigenvalue weighted by Crippen LogP contribution is -2.34. The molecule has 0 saturated carbocycles. The van der Waals surface area contributed by atoms with Crippen LogP contribution in [0.1, 0.15) is 59.5 Å². The third kappa shape index (κ3) is 8.22. The Labute approximate surface area is 212 Å². The van der Waals surface area contributed by atoms with Gasteiger partial charge in [-0.1, -0.05) is 50.2 Å². The van der Waals surface area contributed by atoms with Crippen LogP contribution in [-0.2, 0) is 0 Å². The molecule has 3 rings (SSSR count). The fourth-order valence-corrected chi connectivity index (χ4v) is 3.50. The summed E-state index contributed by atoms with van der Waals surface area (Å²) in [6.45, 7) is 6.81. The van der Waals surface area contributed by atoms with Gasteiger partial charge in [0.15, 0.2) is 5.11 Å². The summed E-state index contributed by atoms with van der Waals surface area (Å²) in [6.07, 6.45) is 0.941. The lowest BCUT2D eigenvalue weighted by atomic mass is 10.1. The molecule has 0 fully saturated rings.